The number of likely N-dealkylation sites (N-methyl/N-ethyl adjacent to an activating group) is 1. The maximum atomic E-state index is 12.1. The van der Waals surface area contributed by atoms with Crippen LogP contribution in [0.3, 0.4) is 0 Å². The summed E-state index contributed by atoms with van der Waals surface area (Å²) in [7, 11) is 1.58. The number of nitriles is 1. The highest BCUT2D eigenvalue weighted by molar-refractivity contribution is 5.93. The first-order valence-corrected chi connectivity index (χ1v) is 6.20. The number of pyridine rings is 1. The van der Waals surface area contributed by atoms with Gasteiger partial charge < -0.3 is 9.47 Å². The van der Waals surface area contributed by atoms with Crippen molar-refractivity contribution in [3.8, 4) is 6.07 Å². The van der Waals surface area contributed by atoms with Crippen molar-refractivity contribution in [3.63, 3.8) is 0 Å². The van der Waals surface area contributed by atoms with Crippen LogP contribution >= 0.6 is 0 Å². The van der Waals surface area contributed by atoms with Gasteiger partial charge in [-0.2, -0.15) is 5.26 Å². The highest BCUT2D eigenvalue weighted by atomic mass is 16.2. The van der Waals surface area contributed by atoms with E-state index in [4.69, 9.17) is 5.26 Å². The first kappa shape index (κ1) is 15.6. The molecule has 106 valence electrons. The second-order valence-electron chi connectivity index (χ2n) is 4.56. The third kappa shape index (κ3) is 3.54. The van der Waals surface area contributed by atoms with Crippen LogP contribution in [0.5, 0.6) is 0 Å². The molecule has 0 aliphatic rings. The van der Waals surface area contributed by atoms with Gasteiger partial charge in [-0.25, -0.2) is 0 Å². The second-order valence-corrected chi connectivity index (χ2v) is 4.56. The van der Waals surface area contributed by atoms with E-state index < -0.39 is 5.56 Å². The highest BCUT2D eigenvalue weighted by Gasteiger charge is 2.15. The van der Waals surface area contributed by atoms with E-state index in [9.17, 15) is 14.4 Å². The van der Waals surface area contributed by atoms with Gasteiger partial charge >= 0.3 is 0 Å². The summed E-state index contributed by atoms with van der Waals surface area (Å²) < 4.78 is 1.28. The summed E-state index contributed by atoms with van der Waals surface area (Å²) in [5.41, 5.74) is 0.227. The van der Waals surface area contributed by atoms with Crippen LogP contribution in [0.1, 0.15) is 29.4 Å². The molecule has 0 radical (unpaired) electrons. The number of hydrogen-bond acceptors (Lipinski definition) is 4. The van der Waals surface area contributed by atoms with Gasteiger partial charge in [0.15, 0.2) is 5.78 Å². The molecule has 1 amide bonds. The van der Waals surface area contributed by atoms with Crippen molar-refractivity contribution in [2.24, 2.45) is 0 Å². The summed E-state index contributed by atoms with van der Waals surface area (Å²) in [5, 5.41) is 8.49. The number of rotatable bonds is 5. The summed E-state index contributed by atoms with van der Waals surface area (Å²) in [6, 6.07) is 5.07. The Labute approximate surface area is 117 Å². The molecule has 0 saturated heterocycles. The summed E-state index contributed by atoms with van der Waals surface area (Å²) in [5.74, 6) is -0.597. The molecular weight excluding hydrogens is 258 g/mol. The number of ketones is 1. The van der Waals surface area contributed by atoms with Crippen LogP contribution in [0.25, 0.3) is 0 Å². The minimum Gasteiger partial charge on any atom is -0.343 e. The average Bonchev–Trinajstić information content (AvgIpc) is 2.39. The predicted octanol–water partition coefficient (Wildman–Crippen LogP) is 0.731. The van der Waals surface area contributed by atoms with Crippen LogP contribution in [0.4, 0.5) is 0 Å². The van der Waals surface area contributed by atoms with Gasteiger partial charge in [-0.05, 0) is 26.0 Å². The summed E-state index contributed by atoms with van der Waals surface area (Å²) in [6.07, 6.45) is 0.240. The minimum atomic E-state index is -0.459. The van der Waals surface area contributed by atoms with E-state index in [0.29, 0.717) is 12.2 Å². The van der Waals surface area contributed by atoms with Gasteiger partial charge in [0.05, 0.1) is 18.1 Å². The summed E-state index contributed by atoms with van der Waals surface area (Å²) in [4.78, 5) is 36.8. The first-order chi connectivity index (χ1) is 9.38. The van der Waals surface area contributed by atoms with Crippen molar-refractivity contribution in [1.82, 2.24) is 9.47 Å². The van der Waals surface area contributed by atoms with Gasteiger partial charge in [0.25, 0.3) is 5.56 Å². The zero-order valence-electron chi connectivity index (χ0n) is 11.8. The molecule has 1 aromatic rings. The fraction of sp³-hybridized carbons (Fsp3) is 0.429. The molecule has 0 unspecified atom stereocenters. The number of aromatic nitrogens is 1. The number of carbonyl (C=O) groups is 2. The number of amides is 1. The van der Waals surface area contributed by atoms with Crippen LogP contribution in [-0.4, -0.2) is 34.7 Å². The van der Waals surface area contributed by atoms with Crippen molar-refractivity contribution in [1.29, 1.82) is 5.26 Å². The standard InChI is InChI=1S/C14H17N3O3/c1-10-5-6-12(11(2)18)14(20)17(10)9-13(19)16(3)8-4-7-15/h5-6H,4,8-9H2,1-3H3. The Bertz CT molecular complexity index is 626. The van der Waals surface area contributed by atoms with Gasteiger partial charge in [0.1, 0.15) is 6.54 Å². The SMILES string of the molecule is CC(=O)c1ccc(C)n(CC(=O)N(C)CCC#N)c1=O. The lowest BCUT2D eigenvalue weighted by Gasteiger charge is -2.17. The highest BCUT2D eigenvalue weighted by Crippen LogP contribution is 2.01. The number of nitrogens with zero attached hydrogens (tertiary/aromatic N) is 3. The van der Waals surface area contributed by atoms with E-state index in [0.717, 1.165) is 0 Å². The normalized spacial score (nSPS) is 9.90. The molecule has 6 nitrogen and oxygen atoms in total. The van der Waals surface area contributed by atoms with E-state index in [1.165, 1.54) is 22.5 Å². The van der Waals surface area contributed by atoms with Crippen molar-refractivity contribution < 1.29 is 9.59 Å². The molecule has 0 saturated carbocycles. The van der Waals surface area contributed by atoms with Gasteiger partial charge in [-0.15, -0.1) is 0 Å². The maximum Gasteiger partial charge on any atom is 0.262 e. The zero-order chi connectivity index (χ0) is 15.3. The Morgan fingerprint density at radius 3 is 2.60 bits per heavy atom. The second kappa shape index (κ2) is 6.66. The third-order valence-electron chi connectivity index (χ3n) is 3.05. The predicted molar refractivity (Wildman–Crippen MR) is 73.3 cm³/mol. The molecule has 1 aromatic heterocycles. The molecule has 0 aromatic carbocycles. The first-order valence-electron chi connectivity index (χ1n) is 6.20. The Morgan fingerprint density at radius 1 is 1.40 bits per heavy atom. The lowest BCUT2D eigenvalue weighted by molar-refractivity contribution is -0.130. The average molecular weight is 275 g/mol. The summed E-state index contributed by atoms with van der Waals surface area (Å²) in [6.45, 7) is 3.20. The zero-order valence-corrected chi connectivity index (χ0v) is 11.8. The van der Waals surface area contributed by atoms with E-state index in [1.54, 1.807) is 20.0 Å². The van der Waals surface area contributed by atoms with Crippen LogP contribution in [-0.2, 0) is 11.3 Å². The molecule has 0 bridgehead atoms. The van der Waals surface area contributed by atoms with Gasteiger partial charge in [-0.1, -0.05) is 0 Å². The van der Waals surface area contributed by atoms with Gasteiger partial charge in [0.2, 0.25) is 5.91 Å². The third-order valence-corrected chi connectivity index (χ3v) is 3.05. The lowest BCUT2D eigenvalue weighted by Crippen LogP contribution is -2.36. The van der Waals surface area contributed by atoms with Crippen LogP contribution in [0.15, 0.2) is 16.9 Å². The number of Topliss-reactive ketones (excluding diaryl/α,β-unsaturated/α-hetero) is 1. The Balaban J connectivity index is 3.01. The van der Waals surface area contributed by atoms with Gasteiger partial charge in [-0.3, -0.25) is 14.4 Å². The Hall–Kier alpha value is -2.42. The van der Waals surface area contributed by atoms with Crippen LogP contribution in [0.2, 0.25) is 0 Å². The molecule has 0 spiro atoms. The molecule has 0 fully saturated rings. The molecule has 0 N–H and O–H groups in total. The summed E-state index contributed by atoms with van der Waals surface area (Å²) >= 11 is 0. The number of aryl methyl sites for hydroxylation is 1. The quantitative estimate of drug-likeness (QED) is 0.742. The monoisotopic (exact) mass is 275 g/mol. The van der Waals surface area contributed by atoms with Crippen LogP contribution < -0.4 is 5.56 Å². The van der Waals surface area contributed by atoms with Crippen molar-refractivity contribution in [3.05, 3.63) is 33.7 Å². The molecule has 6 heteroatoms. The fourth-order valence-corrected chi connectivity index (χ4v) is 1.73. The Morgan fingerprint density at radius 2 is 2.05 bits per heavy atom. The Kier molecular flexibility index (Phi) is 5.21. The number of hydrogen-bond donors (Lipinski definition) is 0. The van der Waals surface area contributed by atoms with Crippen molar-refractivity contribution in [2.45, 2.75) is 26.8 Å². The van der Waals surface area contributed by atoms with Crippen molar-refractivity contribution >= 4 is 11.7 Å². The largest absolute Gasteiger partial charge is 0.343 e. The number of carbonyl (C=O) groups excluding carboxylic acids is 2. The molecule has 20 heavy (non-hydrogen) atoms. The smallest absolute Gasteiger partial charge is 0.262 e. The van der Waals surface area contributed by atoms with E-state index in [2.05, 4.69) is 0 Å². The topological polar surface area (TPSA) is 83.2 Å². The molecule has 1 rings (SSSR count). The lowest BCUT2D eigenvalue weighted by atomic mass is 10.2. The van der Waals surface area contributed by atoms with E-state index in [1.807, 2.05) is 6.07 Å². The molecule has 0 aliphatic carbocycles. The van der Waals surface area contributed by atoms with Crippen molar-refractivity contribution in [2.75, 3.05) is 13.6 Å². The molecule has 1 heterocycles. The fourth-order valence-electron chi connectivity index (χ4n) is 1.73. The van der Waals surface area contributed by atoms with Gasteiger partial charge in [0, 0.05) is 19.3 Å². The molecular formula is C14H17N3O3. The molecule has 0 atom stereocenters. The minimum absolute atomic E-state index is 0.0723. The molecule has 0 aliphatic heterocycles. The van der Waals surface area contributed by atoms with Crippen LogP contribution in [0, 0.1) is 18.3 Å². The van der Waals surface area contributed by atoms with E-state index in [-0.39, 0.29) is 30.2 Å². The van der Waals surface area contributed by atoms with E-state index >= 15 is 0 Å². The maximum absolute atomic E-state index is 12.1.